The van der Waals surface area contributed by atoms with E-state index in [1.54, 1.807) is 29.2 Å². The second-order valence-corrected chi connectivity index (χ2v) is 12.5. The van der Waals surface area contributed by atoms with E-state index in [0.29, 0.717) is 23.7 Å². The molecular weight excluding hydrogens is 623 g/mol. The van der Waals surface area contributed by atoms with E-state index in [1.807, 2.05) is 6.07 Å². The molecule has 238 valence electrons. The maximum Gasteiger partial charge on any atom is 0.407 e. The van der Waals surface area contributed by atoms with E-state index in [-0.39, 0.29) is 71.7 Å². The molecule has 0 unspecified atom stereocenters. The molecule has 0 spiro atoms. The molecule has 10 nitrogen and oxygen atoms in total. The highest BCUT2D eigenvalue weighted by molar-refractivity contribution is 6.36. The van der Waals surface area contributed by atoms with E-state index in [1.165, 1.54) is 17.2 Å². The van der Waals surface area contributed by atoms with Crippen molar-refractivity contribution in [2.45, 2.75) is 43.4 Å². The van der Waals surface area contributed by atoms with Gasteiger partial charge in [0, 0.05) is 49.7 Å². The molecule has 2 aromatic carbocycles. The van der Waals surface area contributed by atoms with Crippen LogP contribution in [0.3, 0.4) is 0 Å². The molecule has 0 bridgehead atoms. The zero-order valence-electron chi connectivity index (χ0n) is 24.6. The lowest BCUT2D eigenvalue weighted by Gasteiger charge is -2.40. The van der Waals surface area contributed by atoms with Gasteiger partial charge in [0.05, 0.1) is 34.5 Å². The summed E-state index contributed by atoms with van der Waals surface area (Å²) < 4.78 is 51.8. The Kier molecular flexibility index (Phi) is 7.73. The van der Waals surface area contributed by atoms with Gasteiger partial charge < -0.3 is 19.6 Å². The van der Waals surface area contributed by atoms with E-state index < -0.39 is 35.5 Å². The van der Waals surface area contributed by atoms with Crippen LogP contribution < -0.4 is 9.64 Å². The lowest BCUT2D eigenvalue weighted by atomic mass is 9.95. The smallest absolute Gasteiger partial charge is 0.407 e. The van der Waals surface area contributed by atoms with Gasteiger partial charge in [-0.2, -0.15) is 15.2 Å². The highest BCUT2D eigenvalue weighted by Crippen LogP contribution is 2.41. The zero-order valence-corrected chi connectivity index (χ0v) is 25.4. The van der Waals surface area contributed by atoms with Crippen LogP contribution in [0.25, 0.3) is 32.9 Å². The Labute approximate surface area is 267 Å². The van der Waals surface area contributed by atoms with Crippen molar-refractivity contribution in [1.82, 2.24) is 24.8 Å². The zero-order chi connectivity index (χ0) is 32.2. The Balaban J connectivity index is 1.34. The minimum atomic E-state index is -1.14. The molecule has 46 heavy (non-hydrogen) atoms. The highest BCUT2D eigenvalue weighted by Gasteiger charge is 2.49. The van der Waals surface area contributed by atoms with Crippen LogP contribution in [-0.4, -0.2) is 93.0 Å². The Hall–Kier alpha value is -4.41. The van der Waals surface area contributed by atoms with Crippen LogP contribution in [0, 0.1) is 23.0 Å². The molecular formula is C32H29ClF3N7O3. The number of benzene rings is 2. The van der Waals surface area contributed by atoms with Crippen LogP contribution in [0.4, 0.5) is 23.8 Å². The molecule has 14 heteroatoms. The topological polar surface area (TPSA) is 119 Å². The first-order valence-corrected chi connectivity index (χ1v) is 15.4. The lowest BCUT2D eigenvalue weighted by Crippen LogP contribution is -2.55. The van der Waals surface area contributed by atoms with Crippen LogP contribution in [0.2, 0.25) is 5.02 Å². The second-order valence-electron chi connectivity index (χ2n) is 12.1. The van der Waals surface area contributed by atoms with E-state index >= 15 is 4.39 Å². The van der Waals surface area contributed by atoms with Crippen molar-refractivity contribution >= 4 is 45.2 Å². The molecule has 3 fully saturated rings. The summed E-state index contributed by atoms with van der Waals surface area (Å²) >= 11 is 6.36. The summed E-state index contributed by atoms with van der Waals surface area (Å²) in [5, 5.41) is 20.1. The summed E-state index contributed by atoms with van der Waals surface area (Å²) in [4.78, 5) is 30.5. The average Bonchev–Trinajstić information content (AvgIpc) is 3.57. The van der Waals surface area contributed by atoms with Gasteiger partial charge in [-0.3, -0.25) is 9.88 Å². The molecule has 1 N–H and O–H groups in total. The van der Waals surface area contributed by atoms with Crippen molar-refractivity contribution < 1.29 is 27.8 Å². The number of fused-ring (bicyclic) bond motifs is 3. The number of carboxylic acid groups (broad SMARTS) is 1. The number of hydrogen-bond donors (Lipinski definition) is 1. The molecule has 3 atom stereocenters. The third-order valence-electron chi connectivity index (χ3n) is 9.42. The number of alkyl halides is 1. The summed E-state index contributed by atoms with van der Waals surface area (Å²) in [6, 6.07) is 9.09. The van der Waals surface area contributed by atoms with Gasteiger partial charge in [0.2, 0.25) is 0 Å². The van der Waals surface area contributed by atoms with Gasteiger partial charge in [-0.1, -0.05) is 35.9 Å². The Morgan fingerprint density at radius 2 is 2.02 bits per heavy atom. The number of halogens is 4. The van der Waals surface area contributed by atoms with Crippen LogP contribution in [0.1, 0.15) is 25.7 Å². The standard InChI is InChI=1S/C32H29ClF3N7O3/c33-25-23(35)6-5-18-3-1-4-21(24(18)25)27-26(36)28-22(14-38-27)29(41-11-12-43(31(44)45)20(16-41)7-9-37)40-30(39-28)46-17-32-8-2-10-42(32)15-19(34)13-32/h1,3-6,14,19-20H,2,7-8,10-13,15-17H2,(H,44,45)/t19-,20+,32+/m1/s1. The summed E-state index contributed by atoms with van der Waals surface area (Å²) in [7, 11) is 0. The summed E-state index contributed by atoms with van der Waals surface area (Å²) in [6.45, 7) is 1.63. The average molecular weight is 652 g/mol. The van der Waals surface area contributed by atoms with Crippen molar-refractivity contribution in [3.05, 3.63) is 53.2 Å². The van der Waals surface area contributed by atoms with E-state index in [9.17, 15) is 23.9 Å². The second kappa shape index (κ2) is 11.7. The molecule has 7 rings (SSSR count). The number of pyridine rings is 1. The molecule has 0 saturated carbocycles. The van der Waals surface area contributed by atoms with Crippen molar-refractivity contribution in [1.29, 1.82) is 5.26 Å². The Bertz CT molecular complexity index is 1910. The van der Waals surface area contributed by atoms with E-state index in [4.69, 9.17) is 16.3 Å². The number of ether oxygens (including phenoxy) is 1. The maximum absolute atomic E-state index is 16.7. The van der Waals surface area contributed by atoms with E-state index in [2.05, 4.69) is 19.9 Å². The molecule has 4 aromatic rings. The van der Waals surface area contributed by atoms with Gasteiger partial charge >= 0.3 is 12.1 Å². The van der Waals surface area contributed by atoms with Gasteiger partial charge in [-0.25, -0.2) is 18.0 Å². The van der Waals surface area contributed by atoms with Crippen molar-refractivity contribution in [2.75, 3.05) is 44.2 Å². The van der Waals surface area contributed by atoms with Crippen molar-refractivity contribution in [3.8, 4) is 23.3 Å². The monoisotopic (exact) mass is 651 g/mol. The first-order chi connectivity index (χ1) is 22.2. The van der Waals surface area contributed by atoms with Crippen molar-refractivity contribution in [2.24, 2.45) is 0 Å². The minimum absolute atomic E-state index is 0.0485. The molecule has 1 amide bonds. The molecule has 2 aromatic heterocycles. The molecule has 0 radical (unpaired) electrons. The third kappa shape index (κ3) is 5.09. The fraction of sp³-hybridized carbons (Fsp3) is 0.406. The number of nitriles is 1. The number of hydrogen-bond acceptors (Lipinski definition) is 8. The Morgan fingerprint density at radius 3 is 2.83 bits per heavy atom. The summed E-state index contributed by atoms with van der Waals surface area (Å²) in [5.41, 5.74) is -0.443. The first-order valence-electron chi connectivity index (χ1n) is 15.1. The SMILES string of the molecule is N#CC[C@H]1CN(c2nc(OC[C@@]34CCCN3C[C@H](F)C4)nc3c(F)c(-c4cccc5ccc(F)c(Cl)c45)ncc23)CCN1C(=O)O. The van der Waals surface area contributed by atoms with Gasteiger partial charge in [-0.05, 0) is 30.8 Å². The number of rotatable bonds is 6. The van der Waals surface area contributed by atoms with Crippen LogP contribution >= 0.6 is 11.6 Å². The van der Waals surface area contributed by atoms with E-state index in [0.717, 1.165) is 19.4 Å². The molecule has 0 aliphatic carbocycles. The fourth-order valence-electron chi connectivity index (χ4n) is 7.25. The number of anilines is 1. The molecule has 3 aliphatic heterocycles. The fourth-order valence-corrected chi connectivity index (χ4v) is 7.52. The molecule has 5 heterocycles. The van der Waals surface area contributed by atoms with Crippen LogP contribution in [-0.2, 0) is 0 Å². The number of carbonyl (C=O) groups is 1. The number of nitrogens with zero attached hydrogens (tertiary/aromatic N) is 7. The summed E-state index contributed by atoms with van der Waals surface area (Å²) in [5.74, 6) is -1.19. The minimum Gasteiger partial charge on any atom is -0.465 e. The predicted molar refractivity (Wildman–Crippen MR) is 165 cm³/mol. The van der Waals surface area contributed by atoms with Gasteiger partial charge in [-0.15, -0.1) is 0 Å². The lowest BCUT2D eigenvalue weighted by molar-refractivity contribution is 0.107. The van der Waals surface area contributed by atoms with Crippen LogP contribution in [0.15, 0.2) is 36.5 Å². The molecule has 3 saturated heterocycles. The van der Waals surface area contributed by atoms with Crippen LogP contribution in [0.5, 0.6) is 6.01 Å². The normalized spacial score (nSPS) is 23.2. The van der Waals surface area contributed by atoms with Gasteiger partial charge in [0.15, 0.2) is 5.82 Å². The number of amides is 1. The number of aromatic nitrogens is 3. The first kappa shape index (κ1) is 30.3. The predicted octanol–water partition coefficient (Wildman–Crippen LogP) is 5.81. The number of piperazine rings is 1. The Morgan fingerprint density at radius 1 is 1.17 bits per heavy atom. The summed E-state index contributed by atoms with van der Waals surface area (Å²) in [6.07, 6.45) is 1.25. The molecule has 3 aliphatic rings. The van der Waals surface area contributed by atoms with Gasteiger partial charge in [0.25, 0.3) is 0 Å². The van der Waals surface area contributed by atoms with Crippen molar-refractivity contribution in [3.63, 3.8) is 0 Å². The largest absolute Gasteiger partial charge is 0.465 e. The third-order valence-corrected chi connectivity index (χ3v) is 9.79. The quantitative estimate of drug-likeness (QED) is 0.275. The van der Waals surface area contributed by atoms with Gasteiger partial charge in [0.1, 0.15) is 35.6 Å². The maximum atomic E-state index is 16.7. The highest BCUT2D eigenvalue weighted by atomic mass is 35.5.